The Labute approximate surface area is 188 Å². The van der Waals surface area contributed by atoms with Gasteiger partial charge in [0.25, 0.3) is 5.91 Å². The maximum absolute atomic E-state index is 13.0. The molecule has 0 bridgehead atoms. The average molecular weight is 465 g/mol. The highest BCUT2D eigenvalue weighted by Crippen LogP contribution is 2.30. The number of ether oxygens (including phenoxy) is 1. The highest BCUT2D eigenvalue weighted by atomic mass is 35.5. The van der Waals surface area contributed by atoms with E-state index in [2.05, 4.69) is 4.98 Å². The predicted molar refractivity (Wildman–Crippen MR) is 113 cm³/mol. The lowest BCUT2D eigenvalue weighted by Crippen LogP contribution is -2.39. The fourth-order valence-corrected chi connectivity index (χ4v) is 3.16. The molecular formula is C23H20ClF3N2O3. The van der Waals surface area contributed by atoms with E-state index in [9.17, 15) is 23.1 Å². The second-order valence-electron chi connectivity index (χ2n) is 7.01. The molecule has 3 aromatic rings. The van der Waals surface area contributed by atoms with Crippen molar-refractivity contribution >= 4 is 17.5 Å². The SMILES string of the molecule is O=C(c1cccnc1)N(Cc1ccccc1Cl)CC(O)COc1ccc(C(F)(F)F)cc1. The van der Waals surface area contributed by atoms with Crippen LogP contribution in [0.25, 0.3) is 0 Å². The minimum absolute atomic E-state index is 0.0837. The van der Waals surface area contributed by atoms with Gasteiger partial charge in [-0.2, -0.15) is 13.2 Å². The molecule has 2 aromatic carbocycles. The van der Waals surface area contributed by atoms with E-state index < -0.39 is 17.8 Å². The van der Waals surface area contributed by atoms with Gasteiger partial charge in [-0.1, -0.05) is 29.8 Å². The van der Waals surface area contributed by atoms with Crippen LogP contribution < -0.4 is 4.74 Å². The smallest absolute Gasteiger partial charge is 0.416 e. The quantitative estimate of drug-likeness (QED) is 0.518. The lowest BCUT2D eigenvalue weighted by molar-refractivity contribution is -0.137. The predicted octanol–water partition coefficient (Wildman–Crippen LogP) is 4.84. The molecule has 9 heteroatoms. The molecule has 1 unspecified atom stereocenters. The van der Waals surface area contributed by atoms with Crippen molar-refractivity contribution in [1.82, 2.24) is 9.88 Å². The number of nitrogens with zero attached hydrogens (tertiary/aromatic N) is 2. The Kier molecular flexibility index (Phi) is 7.71. The summed E-state index contributed by atoms with van der Waals surface area (Å²) in [6.45, 7) is -0.158. The van der Waals surface area contributed by atoms with Crippen molar-refractivity contribution in [2.75, 3.05) is 13.2 Å². The number of benzene rings is 2. The minimum atomic E-state index is -4.44. The fourth-order valence-electron chi connectivity index (χ4n) is 2.96. The number of carbonyl (C=O) groups excluding carboxylic acids is 1. The topological polar surface area (TPSA) is 62.7 Å². The molecule has 1 N–H and O–H groups in total. The van der Waals surface area contributed by atoms with Gasteiger partial charge in [0.15, 0.2) is 0 Å². The highest BCUT2D eigenvalue weighted by Gasteiger charge is 2.30. The van der Waals surface area contributed by atoms with E-state index in [1.807, 2.05) is 0 Å². The Balaban J connectivity index is 1.68. The molecule has 0 spiro atoms. The van der Waals surface area contributed by atoms with Gasteiger partial charge in [-0.3, -0.25) is 9.78 Å². The number of aliphatic hydroxyl groups excluding tert-OH is 1. The summed E-state index contributed by atoms with van der Waals surface area (Å²) >= 11 is 6.22. The molecule has 1 amide bonds. The Hall–Kier alpha value is -3.10. The monoisotopic (exact) mass is 464 g/mol. The number of aliphatic hydroxyl groups is 1. The number of alkyl halides is 3. The number of carbonyl (C=O) groups is 1. The summed E-state index contributed by atoms with van der Waals surface area (Å²) in [6, 6.07) is 14.4. The molecule has 0 saturated carbocycles. The van der Waals surface area contributed by atoms with Crippen LogP contribution in [-0.2, 0) is 12.7 Å². The van der Waals surface area contributed by atoms with Gasteiger partial charge >= 0.3 is 6.18 Å². The molecule has 0 aliphatic heterocycles. The van der Waals surface area contributed by atoms with Crippen LogP contribution in [0.4, 0.5) is 13.2 Å². The fraction of sp³-hybridized carbons (Fsp3) is 0.217. The first-order valence-corrected chi connectivity index (χ1v) is 10.0. The van der Waals surface area contributed by atoms with Crippen LogP contribution in [0.1, 0.15) is 21.5 Å². The second kappa shape index (κ2) is 10.5. The average Bonchev–Trinajstić information content (AvgIpc) is 2.78. The summed E-state index contributed by atoms with van der Waals surface area (Å²) in [7, 11) is 0. The molecule has 168 valence electrons. The van der Waals surface area contributed by atoms with Gasteiger partial charge in [0.2, 0.25) is 0 Å². The first kappa shape index (κ1) is 23.6. The molecule has 32 heavy (non-hydrogen) atoms. The molecule has 1 heterocycles. The van der Waals surface area contributed by atoms with Crippen molar-refractivity contribution in [2.24, 2.45) is 0 Å². The first-order chi connectivity index (χ1) is 15.2. The van der Waals surface area contributed by atoms with Crippen LogP contribution in [0.3, 0.4) is 0 Å². The van der Waals surface area contributed by atoms with Crippen LogP contribution in [0.5, 0.6) is 5.75 Å². The third-order valence-corrected chi connectivity index (χ3v) is 4.94. The number of amides is 1. The van der Waals surface area contributed by atoms with E-state index in [1.54, 1.807) is 42.6 Å². The molecule has 0 aliphatic rings. The van der Waals surface area contributed by atoms with Crippen LogP contribution in [0.2, 0.25) is 5.02 Å². The first-order valence-electron chi connectivity index (χ1n) is 9.65. The molecule has 0 radical (unpaired) electrons. The summed E-state index contributed by atoms with van der Waals surface area (Å²) in [6.07, 6.45) is -2.57. The zero-order valence-electron chi connectivity index (χ0n) is 16.8. The number of halogens is 4. The maximum Gasteiger partial charge on any atom is 0.416 e. The number of hydrogen-bond donors (Lipinski definition) is 1. The minimum Gasteiger partial charge on any atom is -0.491 e. The van der Waals surface area contributed by atoms with Crippen molar-refractivity contribution in [1.29, 1.82) is 0 Å². The highest BCUT2D eigenvalue weighted by molar-refractivity contribution is 6.31. The molecule has 3 rings (SSSR count). The van der Waals surface area contributed by atoms with Crippen LogP contribution in [0.15, 0.2) is 73.1 Å². The van der Waals surface area contributed by atoms with Crippen molar-refractivity contribution < 1.29 is 27.8 Å². The molecule has 0 saturated heterocycles. The third-order valence-electron chi connectivity index (χ3n) is 4.57. The van der Waals surface area contributed by atoms with Crippen LogP contribution in [-0.4, -0.2) is 40.2 Å². The summed E-state index contributed by atoms with van der Waals surface area (Å²) < 4.78 is 43.4. The lowest BCUT2D eigenvalue weighted by atomic mass is 10.1. The zero-order chi connectivity index (χ0) is 23.1. The molecule has 0 fully saturated rings. The van der Waals surface area contributed by atoms with Gasteiger partial charge < -0.3 is 14.7 Å². The van der Waals surface area contributed by atoms with Gasteiger partial charge in [0.05, 0.1) is 17.7 Å². The van der Waals surface area contributed by atoms with Gasteiger partial charge in [-0.25, -0.2) is 0 Å². The van der Waals surface area contributed by atoms with Gasteiger partial charge in [-0.05, 0) is 48.0 Å². The van der Waals surface area contributed by atoms with Crippen molar-refractivity contribution in [3.8, 4) is 5.75 Å². The summed E-state index contributed by atoms with van der Waals surface area (Å²) in [5.41, 5.74) is 0.246. The number of aromatic nitrogens is 1. The second-order valence-corrected chi connectivity index (χ2v) is 7.41. The molecule has 0 aliphatic carbocycles. The van der Waals surface area contributed by atoms with Crippen molar-refractivity contribution in [3.63, 3.8) is 0 Å². The van der Waals surface area contributed by atoms with Gasteiger partial charge in [-0.15, -0.1) is 0 Å². The van der Waals surface area contributed by atoms with Crippen LogP contribution >= 0.6 is 11.6 Å². The maximum atomic E-state index is 13.0. The molecular weight excluding hydrogens is 445 g/mol. The van der Waals surface area contributed by atoms with Gasteiger partial charge in [0, 0.05) is 24.0 Å². The number of hydrogen-bond acceptors (Lipinski definition) is 4. The van der Waals surface area contributed by atoms with Gasteiger partial charge in [0.1, 0.15) is 18.5 Å². The zero-order valence-corrected chi connectivity index (χ0v) is 17.6. The van der Waals surface area contributed by atoms with E-state index in [1.165, 1.54) is 23.2 Å². The van der Waals surface area contributed by atoms with E-state index in [0.717, 1.165) is 12.1 Å². The summed E-state index contributed by atoms with van der Waals surface area (Å²) in [4.78, 5) is 18.4. The lowest BCUT2D eigenvalue weighted by Gasteiger charge is -2.26. The molecule has 1 aromatic heterocycles. The number of pyridine rings is 1. The standard InChI is InChI=1S/C23H20ClF3N2O3/c24-21-6-2-1-4-17(21)13-29(22(31)16-5-3-11-28-12-16)14-19(30)15-32-20-9-7-18(8-10-20)23(25,26)27/h1-12,19,30H,13-15H2. The third kappa shape index (κ3) is 6.45. The molecule has 5 nitrogen and oxygen atoms in total. The van der Waals surface area contributed by atoms with Crippen molar-refractivity contribution in [2.45, 2.75) is 18.8 Å². The Morgan fingerprint density at radius 2 is 1.81 bits per heavy atom. The Bertz CT molecular complexity index is 1030. The van der Waals surface area contributed by atoms with E-state index in [-0.39, 0.29) is 31.4 Å². The van der Waals surface area contributed by atoms with E-state index in [0.29, 0.717) is 16.1 Å². The number of rotatable bonds is 8. The molecule has 1 atom stereocenters. The van der Waals surface area contributed by atoms with Crippen molar-refractivity contribution in [3.05, 3.63) is 94.8 Å². The Morgan fingerprint density at radius 1 is 1.09 bits per heavy atom. The van der Waals surface area contributed by atoms with E-state index >= 15 is 0 Å². The largest absolute Gasteiger partial charge is 0.491 e. The van der Waals surface area contributed by atoms with Crippen LogP contribution in [0, 0.1) is 0 Å². The summed E-state index contributed by atoms with van der Waals surface area (Å²) in [5.74, 6) is -0.181. The normalized spacial score (nSPS) is 12.3. The van der Waals surface area contributed by atoms with E-state index in [4.69, 9.17) is 16.3 Å². The Morgan fingerprint density at radius 3 is 2.44 bits per heavy atom. The summed E-state index contributed by atoms with van der Waals surface area (Å²) in [5, 5.41) is 10.9.